The highest BCUT2D eigenvalue weighted by Crippen LogP contribution is 2.43. The summed E-state index contributed by atoms with van der Waals surface area (Å²) in [5.74, 6) is 0. The van der Waals surface area contributed by atoms with Crippen molar-refractivity contribution in [1.82, 2.24) is 0 Å². The minimum Gasteiger partial charge on any atom is -0.456 e. The second kappa shape index (κ2) is 9.37. The van der Waals surface area contributed by atoms with Crippen LogP contribution in [0.25, 0.3) is 65.8 Å². The fourth-order valence-electron chi connectivity index (χ4n) is 6.40. The van der Waals surface area contributed by atoms with Gasteiger partial charge in [0.25, 0.3) is 0 Å². The second-order valence-corrected chi connectivity index (χ2v) is 10.9. The average molecular weight is 552 g/mol. The molecular formula is C40H25NO2. The van der Waals surface area contributed by atoms with E-state index in [0.717, 1.165) is 77.5 Å². The molecule has 0 spiro atoms. The van der Waals surface area contributed by atoms with Crippen LogP contribution in [0, 0.1) is 0 Å². The van der Waals surface area contributed by atoms with Crippen molar-refractivity contribution in [2.75, 3.05) is 4.90 Å². The van der Waals surface area contributed by atoms with Gasteiger partial charge in [0.2, 0.25) is 0 Å². The van der Waals surface area contributed by atoms with E-state index in [9.17, 15) is 0 Å². The van der Waals surface area contributed by atoms with Crippen molar-refractivity contribution >= 4 is 71.7 Å². The lowest BCUT2D eigenvalue weighted by atomic mass is 10.0. The lowest BCUT2D eigenvalue weighted by molar-refractivity contribution is 0.669. The zero-order valence-electron chi connectivity index (χ0n) is 23.2. The topological polar surface area (TPSA) is 29.5 Å². The summed E-state index contributed by atoms with van der Waals surface area (Å²) in [5, 5.41) is 6.81. The van der Waals surface area contributed by atoms with E-state index in [4.69, 9.17) is 8.83 Å². The SMILES string of the molecule is c1ccc(N(c2ccc(-c3ccc4c(c3)oc3ccccc34)cc2)c2cccc3c2oc2c4ccccc4ccc32)cc1. The van der Waals surface area contributed by atoms with Crippen LogP contribution in [0.1, 0.15) is 0 Å². The summed E-state index contributed by atoms with van der Waals surface area (Å²) < 4.78 is 12.9. The molecule has 9 aromatic rings. The van der Waals surface area contributed by atoms with E-state index in [1.165, 1.54) is 5.39 Å². The van der Waals surface area contributed by atoms with Gasteiger partial charge in [-0.1, -0.05) is 97.1 Å². The third-order valence-electron chi connectivity index (χ3n) is 8.46. The van der Waals surface area contributed by atoms with Crippen LogP contribution in [0.3, 0.4) is 0 Å². The van der Waals surface area contributed by atoms with Gasteiger partial charge in [0.1, 0.15) is 16.7 Å². The van der Waals surface area contributed by atoms with Gasteiger partial charge < -0.3 is 13.7 Å². The summed E-state index contributed by atoms with van der Waals surface area (Å²) in [5.41, 5.74) is 8.98. The highest BCUT2D eigenvalue weighted by atomic mass is 16.3. The first-order chi connectivity index (χ1) is 21.3. The molecule has 0 radical (unpaired) electrons. The minimum atomic E-state index is 0.872. The van der Waals surface area contributed by atoms with E-state index in [0.29, 0.717) is 0 Å². The monoisotopic (exact) mass is 551 g/mol. The van der Waals surface area contributed by atoms with Crippen LogP contribution in [0.5, 0.6) is 0 Å². The number of anilines is 3. The third kappa shape index (κ3) is 3.75. The molecule has 43 heavy (non-hydrogen) atoms. The Kier molecular flexibility index (Phi) is 5.20. The van der Waals surface area contributed by atoms with Gasteiger partial charge in [-0.25, -0.2) is 0 Å². The van der Waals surface area contributed by atoms with E-state index >= 15 is 0 Å². The summed E-state index contributed by atoms with van der Waals surface area (Å²) in [7, 11) is 0. The molecule has 9 rings (SSSR count). The van der Waals surface area contributed by atoms with Crippen molar-refractivity contribution in [3.8, 4) is 11.1 Å². The van der Waals surface area contributed by atoms with Crippen molar-refractivity contribution < 1.29 is 8.83 Å². The van der Waals surface area contributed by atoms with E-state index in [-0.39, 0.29) is 0 Å². The smallest absolute Gasteiger partial charge is 0.159 e. The fourth-order valence-corrected chi connectivity index (χ4v) is 6.40. The molecule has 0 saturated carbocycles. The highest BCUT2D eigenvalue weighted by molar-refractivity contribution is 6.17. The molecular weight excluding hydrogens is 526 g/mol. The van der Waals surface area contributed by atoms with Gasteiger partial charge in [0.15, 0.2) is 5.58 Å². The Labute approximate surface area is 247 Å². The van der Waals surface area contributed by atoms with Gasteiger partial charge >= 0.3 is 0 Å². The zero-order valence-corrected chi connectivity index (χ0v) is 23.2. The predicted octanol–water partition coefficient (Wildman–Crippen LogP) is 11.8. The maximum absolute atomic E-state index is 6.73. The van der Waals surface area contributed by atoms with Crippen LogP contribution in [0.15, 0.2) is 160 Å². The first kappa shape index (κ1) is 23.9. The molecule has 0 atom stereocenters. The number of fused-ring (bicyclic) bond motifs is 8. The molecule has 0 N–H and O–H groups in total. The van der Waals surface area contributed by atoms with Crippen molar-refractivity contribution in [2.45, 2.75) is 0 Å². The van der Waals surface area contributed by atoms with E-state index in [1.54, 1.807) is 0 Å². The van der Waals surface area contributed by atoms with Gasteiger partial charge in [-0.3, -0.25) is 0 Å². The molecule has 7 aromatic carbocycles. The van der Waals surface area contributed by atoms with Crippen LogP contribution in [0.4, 0.5) is 17.1 Å². The Bertz CT molecular complexity index is 2450. The Hall–Kier alpha value is -5.80. The molecule has 2 heterocycles. The Morgan fingerprint density at radius 2 is 1.02 bits per heavy atom. The number of rotatable bonds is 4. The lowest BCUT2D eigenvalue weighted by Gasteiger charge is -2.25. The van der Waals surface area contributed by atoms with Crippen LogP contribution in [-0.4, -0.2) is 0 Å². The molecule has 0 fully saturated rings. The number of nitrogens with zero attached hydrogens (tertiary/aromatic N) is 1. The Morgan fingerprint density at radius 3 is 1.91 bits per heavy atom. The molecule has 202 valence electrons. The summed E-state index contributed by atoms with van der Waals surface area (Å²) >= 11 is 0. The Morgan fingerprint density at radius 1 is 0.372 bits per heavy atom. The lowest BCUT2D eigenvalue weighted by Crippen LogP contribution is -2.10. The summed E-state index contributed by atoms with van der Waals surface area (Å²) in [6, 6.07) is 53.0. The van der Waals surface area contributed by atoms with E-state index in [2.05, 4.69) is 138 Å². The maximum atomic E-state index is 6.73. The van der Waals surface area contributed by atoms with Crippen LogP contribution < -0.4 is 4.90 Å². The fraction of sp³-hybridized carbons (Fsp3) is 0. The molecule has 0 aliphatic heterocycles. The van der Waals surface area contributed by atoms with Gasteiger partial charge in [-0.2, -0.15) is 0 Å². The van der Waals surface area contributed by atoms with Crippen LogP contribution in [0.2, 0.25) is 0 Å². The normalized spacial score (nSPS) is 11.7. The van der Waals surface area contributed by atoms with Gasteiger partial charge in [-0.05, 0) is 71.1 Å². The Balaban J connectivity index is 1.19. The number of furan rings is 2. The predicted molar refractivity (Wildman–Crippen MR) is 179 cm³/mol. The largest absolute Gasteiger partial charge is 0.456 e. The standard InChI is InChI=1S/C40H25NO2/c1-2-10-29(11-3-1)41(36-15-8-14-34-35-24-19-27-9-4-5-12-31(27)39(35)43-40(34)36)30-21-17-26(18-22-30)28-20-23-33-32-13-6-7-16-37(32)42-38(33)25-28/h1-25H. The molecule has 0 bridgehead atoms. The summed E-state index contributed by atoms with van der Waals surface area (Å²) in [6.07, 6.45) is 0. The van der Waals surface area contributed by atoms with Crippen LogP contribution >= 0.6 is 0 Å². The van der Waals surface area contributed by atoms with E-state index in [1.807, 2.05) is 18.2 Å². The first-order valence-electron chi connectivity index (χ1n) is 14.5. The molecule has 0 amide bonds. The molecule has 0 aliphatic carbocycles. The maximum Gasteiger partial charge on any atom is 0.159 e. The van der Waals surface area contributed by atoms with Gasteiger partial charge in [-0.15, -0.1) is 0 Å². The average Bonchev–Trinajstić information content (AvgIpc) is 3.65. The van der Waals surface area contributed by atoms with Crippen molar-refractivity contribution in [2.24, 2.45) is 0 Å². The van der Waals surface area contributed by atoms with Gasteiger partial charge in [0.05, 0.1) is 5.69 Å². The molecule has 3 nitrogen and oxygen atoms in total. The number of hydrogen-bond donors (Lipinski definition) is 0. The minimum absolute atomic E-state index is 0.872. The summed E-state index contributed by atoms with van der Waals surface area (Å²) in [6.45, 7) is 0. The second-order valence-electron chi connectivity index (χ2n) is 10.9. The molecule has 0 aliphatic rings. The summed E-state index contributed by atoms with van der Waals surface area (Å²) in [4.78, 5) is 2.28. The van der Waals surface area contributed by atoms with Crippen molar-refractivity contribution in [3.05, 3.63) is 152 Å². The number of benzene rings is 7. The van der Waals surface area contributed by atoms with Crippen molar-refractivity contribution in [3.63, 3.8) is 0 Å². The highest BCUT2D eigenvalue weighted by Gasteiger charge is 2.20. The third-order valence-corrected chi connectivity index (χ3v) is 8.46. The number of hydrogen-bond acceptors (Lipinski definition) is 3. The van der Waals surface area contributed by atoms with Crippen LogP contribution in [-0.2, 0) is 0 Å². The number of para-hydroxylation sites is 3. The first-order valence-corrected chi connectivity index (χ1v) is 14.5. The molecule has 2 aromatic heterocycles. The quantitative estimate of drug-likeness (QED) is 0.218. The molecule has 3 heteroatoms. The molecule has 0 saturated heterocycles. The van der Waals surface area contributed by atoms with Gasteiger partial charge in [0, 0.05) is 38.3 Å². The zero-order chi connectivity index (χ0) is 28.3. The van der Waals surface area contributed by atoms with E-state index < -0.39 is 0 Å². The molecule has 0 unspecified atom stereocenters. The van der Waals surface area contributed by atoms with Crippen molar-refractivity contribution in [1.29, 1.82) is 0 Å².